The first-order chi connectivity index (χ1) is 11.4. The summed E-state index contributed by atoms with van der Waals surface area (Å²) in [4.78, 5) is 2.36. The van der Waals surface area contributed by atoms with E-state index < -0.39 is 0 Å². The Balaban J connectivity index is 0.00000208. The van der Waals surface area contributed by atoms with Crippen LogP contribution in [0, 0.1) is 0 Å². The molecule has 4 nitrogen and oxygen atoms in total. The summed E-state index contributed by atoms with van der Waals surface area (Å²) in [6.07, 6.45) is 0. The normalized spacial score (nSPS) is 14.7. The zero-order valence-corrected chi connectivity index (χ0v) is 14.5. The number of hydrogen-bond donors (Lipinski definition) is 0. The summed E-state index contributed by atoms with van der Waals surface area (Å²) in [6.45, 7) is 5.71. The van der Waals surface area contributed by atoms with E-state index in [1.165, 1.54) is 0 Å². The molecular formula is C19H24ClNO3. The summed E-state index contributed by atoms with van der Waals surface area (Å²) in [5, 5.41) is 0. The molecule has 0 radical (unpaired) electrons. The predicted octanol–water partition coefficient (Wildman–Crippen LogP) is 3.40. The van der Waals surface area contributed by atoms with Gasteiger partial charge >= 0.3 is 0 Å². The third kappa shape index (κ3) is 5.71. The fraction of sp³-hybridized carbons (Fsp3) is 0.368. The molecule has 0 aliphatic carbocycles. The highest BCUT2D eigenvalue weighted by Gasteiger charge is 2.11. The van der Waals surface area contributed by atoms with Crippen LogP contribution in [-0.2, 0) is 11.3 Å². The molecule has 0 unspecified atom stereocenters. The third-order valence-corrected chi connectivity index (χ3v) is 3.86. The molecule has 0 aromatic heterocycles. The van der Waals surface area contributed by atoms with E-state index >= 15 is 0 Å². The number of rotatable bonds is 7. The first-order valence-electron chi connectivity index (χ1n) is 8.10. The van der Waals surface area contributed by atoms with Gasteiger partial charge in [-0.2, -0.15) is 0 Å². The standard InChI is InChI=1S/C19H23NO3.ClH/c1-2-6-17(7-3-1)16-23-19-9-5-4-8-18(19)22-15-12-20-10-13-21-14-11-20;/h1-9H,10-16H2;1H. The van der Waals surface area contributed by atoms with E-state index in [-0.39, 0.29) is 12.4 Å². The molecule has 1 saturated heterocycles. The van der Waals surface area contributed by atoms with Crippen molar-refractivity contribution in [2.75, 3.05) is 39.5 Å². The fourth-order valence-corrected chi connectivity index (χ4v) is 2.53. The molecule has 0 spiro atoms. The Morgan fingerprint density at radius 2 is 1.46 bits per heavy atom. The first-order valence-corrected chi connectivity index (χ1v) is 8.10. The van der Waals surface area contributed by atoms with Crippen molar-refractivity contribution in [1.29, 1.82) is 0 Å². The number of nitrogens with zero attached hydrogens (tertiary/aromatic N) is 1. The van der Waals surface area contributed by atoms with Crippen LogP contribution >= 0.6 is 12.4 Å². The molecule has 0 atom stereocenters. The van der Waals surface area contributed by atoms with E-state index in [2.05, 4.69) is 17.0 Å². The molecule has 2 aromatic carbocycles. The molecule has 2 aromatic rings. The molecule has 0 N–H and O–H groups in total. The second kappa shape index (κ2) is 10.2. The van der Waals surface area contributed by atoms with Gasteiger partial charge < -0.3 is 14.2 Å². The molecule has 3 rings (SSSR count). The van der Waals surface area contributed by atoms with Crippen molar-refractivity contribution in [2.45, 2.75) is 6.61 Å². The highest BCUT2D eigenvalue weighted by atomic mass is 35.5. The quantitative estimate of drug-likeness (QED) is 0.766. The number of para-hydroxylation sites is 2. The molecule has 1 aliphatic heterocycles. The number of hydrogen-bond acceptors (Lipinski definition) is 4. The van der Waals surface area contributed by atoms with E-state index in [1.807, 2.05) is 42.5 Å². The zero-order valence-electron chi connectivity index (χ0n) is 13.7. The Morgan fingerprint density at radius 3 is 2.17 bits per heavy atom. The van der Waals surface area contributed by atoms with Crippen molar-refractivity contribution < 1.29 is 14.2 Å². The Hall–Kier alpha value is -1.75. The Kier molecular flexibility index (Phi) is 7.89. The lowest BCUT2D eigenvalue weighted by Crippen LogP contribution is -2.38. The van der Waals surface area contributed by atoms with Crippen molar-refractivity contribution in [1.82, 2.24) is 4.90 Å². The second-order valence-electron chi connectivity index (χ2n) is 5.52. The lowest BCUT2D eigenvalue weighted by molar-refractivity contribution is 0.0320. The van der Waals surface area contributed by atoms with E-state index in [0.717, 1.165) is 49.9 Å². The van der Waals surface area contributed by atoms with Crippen molar-refractivity contribution in [2.24, 2.45) is 0 Å². The molecule has 1 aliphatic rings. The van der Waals surface area contributed by atoms with Crippen LogP contribution in [0.25, 0.3) is 0 Å². The maximum absolute atomic E-state index is 5.92. The van der Waals surface area contributed by atoms with Gasteiger partial charge in [0.2, 0.25) is 0 Å². The van der Waals surface area contributed by atoms with Gasteiger partial charge in [0.05, 0.1) is 13.2 Å². The van der Waals surface area contributed by atoms with Crippen LogP contribution in [0.15, 0.2) is 54.6 Å². The van der Waals surface area contributed by atoms with Gasteiger partial charge in [-0.25, -0.2) is 0 Å². The minimum absolute atomic E-state index is 0. The summed E-state index contributed by atoms with van der Waals surface area (Å²) in [6, 6.07) is 18.0. The predicted molar refractivity (Wildman–Crippen MR) is 97.2 cm³/mol. The van der Waals surface area contributed by atoms with Gasteiger partial charge in [-0.3, -0.25) is 4.90 Å². The van der Waals surface area contributed by atoms with Gasteiger partial charge in [-0.1, -0.05) is 42.5 Å². The average molecular weight is 350 g/mol. The second-order valence-corrected chi connectivity index (χ2v) is 5.52. The van der Waals surface area contributed by atoms with Crippen LogP contribution in [0.4, 0.5) is 0 Å². The first kappa shape index (κ1) is 18.6. The van der Waals surface area contributed by atoms with Crippen LogP contribution < -0.4 is 9.47 Å². The molecule has 1 heterocycles. The third-order valence-electron chi connectivity index (χ3n) is 3.86. The Morgan fingerprint density at radius 1 is 0.833 bits per heavy atom. The van der Waals surface area contributed by atoms with Crippen LogP contribution in [-0.4, -0.2) is 44.4 Å². The van der Waals surface area contributed by atoms with Crippen molar-refractivity contribution in [3.8, 4) is 11.5 Å². The van der Waals surface area contributed by atoms with Crippen molar-refractivity contribution in [3.63, 3.8) is 0 Å². The van der Waals surface area contributed by atoms with Gasteiger partial charge in [0.1, 0.15) is 13.2 Å². The van der Waals surface area contributed by atoms with Crippen molar-refractivity contribution >= 4 is 12.4 Å². The Bertz CT molecular complexity index is 588. The van der Waals surface area contributed by atoms with Crippen LogP contribution in [0.3, 0.4) is 0 Å². The lowest BCUT2D eigenvalue weighted by Gasteiger charge is -2.26. The van der Waals surface area contributed by atoms with E-state index in [1.54, 1.807) is 0 Å². The van der Waals surface area contributed by atoms with Gasteiger partial charge in [0.25, 0.3) is 0 Å². The smallest absolute Gasteiger partial charge is 0.161 e. The summed E-state index contributed by atoms with van der Waals surface area (Å²) in [5.41, 5.74) is 1.15. The topological polar surface area (TPSA) is 30.9 Å². The van der Waals surface area contributed by atoms with E-state index in [4.69, 9.17) is 14.2 Å². The minimum atomic E-state index is 0. The molecule has 24 heavy (non-hydrogen) atoms. The maximum atomic E-state index is 5.92. The molecule has 130 valence electrons. The number of benzene rings is 2. The molecule has 1 fully saturated rings. The van der Waals surface area contributed by atoms with Crippen LogP contribution in [0.2, 0.25) is 0 Å². The molecule has 0 bridgehead atoms. The lowest BCUT2D eigenvalue weighted by atomic mass is 10.2. The summed E-state index contributed by atoms with van der Waals surface area (Å²) in [7, 11) is 0. The van der Waals surface area contributed by atoms with Crippen molar-refractivity contribution in [3.05, 3.63) is 60.2 Å². The molecule has 0 saturated carbocycles. The van der Waals surface area contributed by atoms with E-state index in [0.29, 0.717) is 13.2 Å². The largest absolute Gasteiger partial charge is 0.488 e. The number of ether oxygens (including phenoxy) is 3. The van der Waals surface area contributed by atoms with Gasteiger partial charge in [-0.05, 0) is 17.7 Å². The number of morpholine rings is 1. The summed E-state index contributed by atoms with van der Waals surface area (Å²) >= 11 is 0. The molecule has 0 amide bonds. The molecule has 5 heteroatoms. The number of halogens is 1. The average Bonchev–Trinajstić information content (AvgIpc) is 2.63. The fourth-order valence-electron chi connectivity index (χ4n) is 2.53. The Labute approximate surface area is 149 Å². The summed E-state index contributed by atoms with van der Waals surface area (Å²) in [5.74, 6) is 1.59. The highest BCUT2D eigenvalue weighted by molar-refractivity contribution is 5.85. The summed E-state index contributed by atoms with van der Waals surface area (Å²) < 4.78 is 17.2. The SMILES string of the molecule is Cl.c1ccc(COc2ccccc2OCCN2CCOCC2)cc1. The minimum Gasteiger partial charge on any atom is -0.488 e. The maximum Gasteiger partial charge on any atom is 0.161 e. The van der Waals surface area contributed by atoms with Gasteiger partial charge in [0.15, 0.2) is 11.5 Å². The zero-order chi connectivity index (χ0) is 15.7. The van der Waals surface area contributed by atoms with Crippen LogP contribution in [0.5, 0.6) is 11.5 Å². The van der Waals surface area contributed by atoms with E-state index in [9.17, 15) is 0 Å². The highest BCUT2D eigenvalue weighted by Crippen LogP contribution is 2.27. The van der Waals surface area contributed by atoms with Crippen LogP contribution in [0.1, 0.15) is 5.56 Å². The van der Waals surface area contributed by atoms with Gasteiger partial charge in [0, 0.05) is 19.6 Å². The molecular weight excluding hydrogens is 326 g/mol. The monoisotopic (exact) mass is 349 g/mol. The van der Waals surface area contributed by atoms with Gasteiger partial charge in [-0.15, -0.1) is 12.4 Å².